The van der Waals surface area contributed by atoms with Crippen molar-refractivity contribution < 1.29 is 14.3 Å². The zero-order valence-corrected chi connectivity index (χ0v) is 12.7. The molecule has 5 nitrogen and oxygen atoms in total. The lowest BCUT2D eigenvalue weighted by atomic mass is 9.94. The van der Waals surface area contributed by atoms with Crippen LogP contribution < -0.4 is 15.4 Å². The zero-order valence-electron chi connectivity index (χ0n) is 12.7. The third-order valence-corrected chi connectivity index (χ3v) is 3.80. The van der Waals surface area contributed by atoms with Crippen LogP contribution in [-0.2, 0) is 4.74 Å². The number of nitrogens with one attached hydrogen (secondary N) is 2. The highest BCUT2D eigenvalue weighted by atomic mass is 16.5. The first-order valence-electron chi connectivity index (χ1n) is 7.44. The maximum absolute atomic E-state index is 12.3. The van der Waals surface area contributed by atoms with Crippen LogP contribution in [0.5, 0.6) is 5.75 Å². The van der Waals surface area contributed by atoms with Gasteiger partial charge in [-0.1, -0.05) is 13.0 Å². The van der Waals surface area contributed by atoms with Crippen LogP contribution in [0.1, 0.15) is 23.7 Å². The molecule has 0 saturated carbocycles. The molecule has 2 unspecified atom stereocenters. The molecule has 0 aliphatic carbocycles. The van der Waals surface area contributed by atoms with Gasteiger partial charge in [0, 0.05) is 25.3 Å². The van der Waals surface area contributed by atoms with Gasteiger partial charge < -0.3 is 20.1 Å². The SMILES string of the molecule is COCCOc1cccc(C(=O)NC2CNCCC2C)c1. The molecular weight excluding hydrogens is 268 g/mol. The fourth-order valence-electron chi connectivity index (χ4n) is 2.40. The average molecular weight is 292 g/mol. The summed E-state index contributed by atoms with van der Waals surface area (Å²) in [7, 11) is 1.63. The van der Waals surface area contributed by atoms with E-state index in [1.165, 1.54) is 0 Å². The van der Waals surface area contributed by atoms with Crippen LogP contribution in [0.3, 0.4) is 0 Å². The fourth-order valence-corrected chi connectivity index (χ4v) is 2.40. The van der Waals surface area contributed by atoms with Gasteiger partial charge in [-0.05, 0) is 37.1 Å². The largest absolute Gasteiger partial charge is 0.491 e. The van der Waals surface area contributed by atoms with Crippen LogP contribution in [0.15, 0.2) is 24.3 Å². The normalized spacial score (nSPS) is 21.8. The number of hydrogen-bond acceptors (Lipinski definition) is 4. The van der Waals surface area contributed by atoms with Gasteiger partial charge in [0.1, 0.15) is 12.4 Å². The lowest BCUT2D eigenvalue weighted by molar-refractivity contribution is 0.0914. The highest BCUT2D eigenvalue weighted by Gasteiger charge is 2.23. The number of hydrogen-bond donors (Lipinski definition) is 2. The van der Waals surface area contributed by atoms with E-state index in [1.807, 2.05) is 12.1 Å². The molecule has 0 radical (unpaired) electrons. The van der Waals surface area contributed by atoms with Crippen LogP contribution in [0.2, 0.25) is 0 Å². The summed E-state index contributed by atoms with van der Waals surface area (Å²) >= 11 is 0. The molecule has 5 heteroatoms. The van der Waals surface area contributed by atoms with Gasteiger partial charge in [-0.3, -0.25) is 4.79 Å². The summed E-state index contributed by atoms with van der Waals surface area (Å²) in [5.41, 5.74) is 0.627. The van der Waals surface area contributed by atoms with Crippen molar-refractivity contribution in [3.05, 3.63) is 29.8 Å². The van der Waals surface area contributed by atoms with E-state index in [0.717, 1.165) is 19.5 Å². The van der Waals surface area contributed by atoms with Crippen molar-refractivity contribution in [2.75, 3.05) is 33.4 Å². The Morgan fingerprint density at radius 2 is 2.29 bits per heavy atom. The number of benzene rings is 1. The minimum atomic E-state index is -0.0484. The molecule has 2 rings (SSSR count). The summed E-state index contributed by atoms with van der Waals surface area (Å²) in [6.45, 7) is 5.04. The minimum absolute atomic E-state index is 0.0484. The molecule has 0 aromatic heterocycles. The first kappa shape index (κ1) is 15.8. The number of piperidine rings is 1. The van der Waals surface area contributed by atoms with Gasteiger partial charge in [0.2, 0.25) is 0 Å². The Bertz CT molecular complexity index is 465. The fraction of sp³-hybridized carbons (Fsp3) is 0.562. The van der Waals surface area contributed by atoms with Gasteiger partial charge in [-0.15, -0.1) is 0 Å². The van der Waals surface area contributed by atoms with Crippen molar-refractivity contribution in [1.29, 1.82) is 0 Å². The third kappa shape index (κ3) is 4.72. The molecule has 2 N–H and O–H groups in total. The number of ether oxygens (including phenoxy) is 2. The second-order valence-corrected chi connectivity index (χ2v) is 5.42. The minimum Gasteiger partial charge on any atom is -0.491 e. The summed E-state index contributed by atoms with van der Waals surface area (Å²) < 4.78 is 10.5. The van der Waals surface area contributed by atoms with E-state index in [1.54, 1.807) is 19.2 Å². The van der Waals surface area contributed by atoms with E-state index in [4.69, 9.17) is 9.47 Å². The molecule has 1 aliphatic heterocycles. The van der Waals surface area contributed by atoms with Crippen LogP contribution in [0, 0.1) is 5.92 Å². The van der Waals surface area contributed by atoms with Crippen molar-refractivity contribution >= 4 is 5.91 Å². The molecule has 0 spiro atoms. The second kappa shape index (κ2) is 8.00. The van der Waals surface area contributed by atoms with Crippen molar-refractivity contribution in [2.24, 2.45) is 5.92 Å². The summed E-state index contributed by atoms with van der Waals surface area (Å²) in [6, 6.07) is 7.44. The van der Waals surface area contributed by atoms with Crippen LogP contribution in [0.25, 0.3) is 0 Å². The van der Waals surface area contributed by atoms with E-state index in [2.05, 4.69) is 17.6 Å². The first-order chi connectivity index (χ1) is 10.2. The maximum atomic E-state index is 12.3. The molecule has 1 aromatic carbocycles. The molecule has 1 aromatic rings. The predicted molar refractivity (Wildman–Crippen MR) is 81.7 cm³/mol. The highest BCUT2D eigenvalue weighted by Crippen LogP contribution is 2.15. The molecule has 116 valence electrons. The van der Waals surface area contributed by atoms with Gasteiger partial charge in [0.15, 0.2) is 0 Å². The Morgan fingerprint density at radius 3 is 3.05 bits per heavy atom. The van der Waals surface area contributed by atoms with Crippen molar-refractivity contribution in [1.82, 2.24) is 10.6 Å². The molecule has 21 heavy (non-hydrogen) atoms. The van der Waals surface area contributed by atoms with E-state index in [9.17, 15) is 4.79 Å². The molecule has 1 fully saturated rings. The monoisotopic (exact) mass is 292 g/mol. The second-order valence-electron chi connectivity index (χ2n) is 5.42. The molecule has 1 aliphatic rings. The van der Waals surface area contributed by atoms with E-state index >= 15 is 0 Å². The Labute approximate surface area is 126 Å². The lowest BCUT2D eigenvalue weighted by Crippen LogP contribution is -2.50. The van der Waals surface area contributed by atoms with Gasteiger partial charge in [-0.25, -0.2) is 0 Å². The Morgan fingerprint density at radius 1 is 1.43 bits per heavy atom. The van der Waals surface area contributed by atoms with E-state index < -0.39 is 0 Å². The smallest absolute Gasteiger partial charge is 0.251 e. The number of rotatable bonds is 6. The number of carbonyl (C=O) groups is 1. The average Bonchev–Trinajstić information content (AvgIpc) is 2.50. The number of amides is 1. The van der Waals surface area contributed by atoms with Gasteiger partial charge >= 0.3 is 0 Å². The summed E-state index contributed by atoms with van der Waals surface area (Å²) in [5.74, 6) is 1.14. The van der Waals surface area contributed by atoms with Crippen molar-refractivity contribution in [2.45, 2.75) is 19.4 Å². The quantitative estimate of drug-likeness (QED) is 0.779. The van der Waals surface area contributed by atoms with Gasteiger partial charge in [0.25, 0.3) is 5.91 Å². The van der Waals surface area contributed by atoms with Gasteiger partial charge in [-0.2, -0.15) is 0 Å². The highest BCUT2D eigenvalue weighted by molar-refractivity contribution is 5.94. The molecule has 0 bridgehead atoms. The van der Waals surface area contributed by atoms with Crippen molar-refractivity contribution in [3.63, 3.8) is 0 Å². The predicted octanol–water partition coefficient (Wildman–Crippen LogP) is 1.44. The standard InChI is InChI=1S/C16H24N2O3/c1-12-6-7-17-11-15(12)18-16(19)13-4-3-5-14(10-13)21-9-8-20-2/h3-5,10,12,15,17H,6-9,11H2,1-2H3,(H,18,19). The van der Waals surface area contributed by atoms with E-state index in [-0.39, 0.29) is 11.9 Å². The Hall–Kier alpha value is -1.59. The molecule has 2 atom stereocenters. The van der Waals surface area contributed by atoms with Crippen LogP contribution in [-0.4, -0.2) is 45.4 Å². The van der Waals surface area contributed by atoms with Gasteiger partial charge in [0.05, 0.1) is 6.61 Å². The Kier molecular flexibility index (Phi) is 6.02. The molecular formula is C16H24N2O3. The maximum Gasteiger partial charge on any atom is 0.251 e. The zero-order chi connectivity index (χ0) is 15.1. The van der Waals surface area contributed by atoms with Crippen LogP contribution >= 0.6 is 0 Å². The third-order valence-electron chi connectivity index (χ3n) is 3.80. The number of carbonyl (C=O) groups excluding carboxylic acids is 1. The lowest BCUT2D eigenvalue weighted by Gasteiger charge is -2.30. The topological polar surface area (TPSA) is 59.6 Å². The van der Waals surface area contributed by atoms with Crippen LogP contribution in [0.4, 0.5) is 0 Å². The summed E-state index contributed by atoms with van der Waals surface area (Å²) in [5, 5.41) is 6.41. The van der Waals surface area contributed by atoms with Crippen molar-refractivity contribution in [3.8, 4) is 5.75 Å². The summed E-state index contributed by atoms with van der Waals surface area (Å²) in [6.07, 6.45) is 1.09. The molecule has 1 amide bonds. The number of methoxy groups -OCH3 is 1. The first-order valence-corrected chi connectivity index (χ1v) is 7.44. The Balaban J connectivity index is 1.93. The molecule has 1 heterocycles. The summed E-state index contributed by atoms with van der Waals surface area (Å²) in [4.78, 5) is 12.3. The molecule has 1 saturated heterocycles. The van der Waals surface area contributed by atoms with E-state index in [0.29, 0.717) is 30.4 Å².